The Kier molecular flexibility index (Phi) is 11.2. The third-order valence-electron chi connectivity index (χ3n) is 3.42. The van der Waals surface area contributed by atoms with Crippen LogP contribution >= 0.6 is 0 Å². The minimum absolute atomic E-state index is 0.103. The molecule has 0 aromatic heterocycles. The second-order valence-corrected chi connectivity index (χ2v) is 6.58. The minimum Gasteiger partial charge on any atom is -0.462 e. The van der Waals surface area contributed by atoms with E-state index in [2.05, 4.69) is 25.7 Å². The van der Waals surface area contributed by atoms with Crippen LogP contribution in [0.15, 0.2) is 0 Å². The zero-order valence-electron chi connectivity index (χ0n) is 15.5. The fourth-order valence-electron chi connectivity index (χ4n) is 1.78. The standard InChI is InChI=1S/C19H32O4/c1-7-8-10-17(13-14(2)3)23-19(21)12-9-11-18(20)22-16(6)15(4)5/h14-17H,7,9,11-13H2,1-6H3. The second kappa shape index (κ2) is 12.0. The van der Waals surface area contributed by atoms with Crippen LogP contribution in [0.3, 0.4) is 0 Å². The van der Waals surface area contributed by atoms with Crippen LogP contribution in [0.4, 0.5) is 0 Å². The van der Waals surface area contributed by atoms with Gasteiger partial charge in [-0.3, -0.25) is 9.59 Å². The first kappa shape index (κ1) is 21.5. The molecule has 0 saturated carbocycles. The zero-order valence-corrected chi connectivity index (χ0v) is 15.5. The van der Waals surface area contributed by atoms with E-state index in [1.807, 2.05) is 27.7 Å². The molecule has 0 aliphatic heterocycles. The van der Waals surface area contributed by atoms with Crippen molar-refractivity contribution in [1.29, 1.82) is 0 Å². The molecule has 0 rings (SSSR count). The highest BCUT2D eigenvalue weighted by atomic mass is 16.5. The SMILES string of the molecule is CCC#CC(CC(C)C)OC(=O)CCCC(=O)OC(C)C(C)C. The van der Waals surface area contributed by atoms with Crippen LogP contribution in [-0.2, 0) is 19.1 Å². The van der Waals surface area contributed by atoms with Gasteiger partial charge < -0.3 is 9.47 Å². The Morgan fingerprint density at radius 2 is 1.52 bits per heavy atom. The van der Waals surface area contributed by atoms with Crippen LogP contribution < -0.4 is 0 Å². The molecular weight excluding hydrogens is 292 g/mol. The van der Waals surface area contributed by atoms with E-state index in [0.29, 0.717) is 12.3 Å². The fourth-order valence-corrected chi connectivity index (χ4v) is 1.78. The molecule has 0 aliphatic rings. The molecule has 0 bridgehead atoms. The van der Waals surface area contributed by atoms with Crippen molar-refractivity contribution in [3.05, 3.63) is 0 Å². The number of hydrogen-bond donors (Lipinski definition) is 0. The van der Waals surface area contributed by atoms with E-state index in [0.717, 1.165) is 12.8 Å². The minimum atomic E-state index is -0.352. The van der Waals surface area contributed by atoms with Gasteiger partial charge in [0.05, 0.1) is 0 Å². The number of rotatable bonds is 9. The van der Waals surface area contributed by atoms with E-state index in [1.54, 1.807) is 0 Å². The van der Waals surface area contributed by atoms with Gasteiger partial charge in [0, 0.05) is 19.3 Å². The number of hydrogen-bond acceptors (Lipinski definition) is 4. The third kappa shape index (κ3) is 11.7. The van der Waals surface area contributed by atoms with Gasteiger partial charge in [0.2, 0.25) is 0 Å². The Morgan fingerprint density at radius 3 is 2.00 bits per heavy atom. The highest BCUT2D eigenvalue weighted by Crippen LogP contribution is 2.11. The largest absolute Gasteiger partial charge is 0.462 e. The monoisotopic (exact) mass is 324 g/mol. The Bertz CT molecular complexity index is 415. The first-order chi connectivity index (χ1) is 10.8. The van der Waals surface area contributed by atoms with Gasteiger partial charge in [-0.15, -0.1) is 0 Å². The molecule has 2 atom stereocenters. The molecule has 0 fully saturated rings. The van der Waals surface area contributed by atoms with Crippen LogP contribution in [-0.4, -0.2) is 24.1 Å². The molecule has 132 valence electrons. The van der Waals surface area contributed by atoms with Crippen molar-refractivity contribution in [2.45, 2.75) is 85.9 Å². The average molecular weight is 324 g/mol. The molecule has 0 aromatic rings. The lowest BCUT2D eigenvalue weighted by molar-refractivity contribution is -0.151. The van der Waals surface area contributed by atoms with Gasteiger partial charge >= 0.3 is 11.9 Å². The highest BCUT2D eigenvalue weighted by Gasteiger charge is 2.16. The summed E-state index contributed by atoms with van der Waals surface area (Å²) in [6, 6.07) is 0. The van der Waals surface area contributed by atoms with E-state index < -0.39 is 0 Å². The lowest BCUT2D eigenvalue weighted by Gasteiger charge is -2.16. The maximum atomic E-state index is 11.9. The third-order valence-corrected chi connectivity index (χ3v) is 3.42. The molecule has 0 aliphatic carbocycles. The molecule has 0 heterocycles. The van der Waals surface area contributed by atoms with Crippen LogP contribution in [0.2, 0.25) is 0 Å². The van der Waals surface area contributed by atoms with E-state index in [4.69, 9.17) is 9.47 Å². The summed E-state index contributed by atoms with van der Waals surface area (Å²) in [6.07, 6.45) is 1.91. The predicted octanol–water partition coefficient (Wildman–Crippen LogP) is 4.12. The van der Waals surface area contributed by atoms with Crippen LogP contribution in [0.5, 0.6) is 0 Å². The van der Waals surface area contributed by atoms with Crippen LogP contribution in [0.1, 0.15) is 73.6 Å². The van der Waals surface area contributed by atoms with E-state index in [-0.39, 0.29) is 42.9 Å². The van der Waals surface area contributed by atoms with Crippen molar-refractivity contribution < 1.29 is 19.1 Å². The van der Waals surface area contributed by atoms with Gasteiger partial charge in [0.15, 0.2) is 6.10 Å². The lowest BCUT2D eigenvalue weighted by Crippen LogP contribution is -2.21. The Labute approximate surface area is 141 Å². The Balaban J connectivity index is 4.15. The van der Waals surface area contributed by atoms with Crippen LogP contribution in [0.25, 0.3) is 0 Å². The Morgan fingerprint density at radius 1 is 0.957 bits per heavy atom. The van der Waals surface area contributed by atoms with Crippen molar-refractivity contribution in [3.63, 3.8) is 0 Å². The van der Waals surface area contributed by atoms with Gasteiger partial charge in [0.25, 0.3) is 0 Å². The van der Waals surface area contributed by atoms with Crippen LogP contribution in [0, 0.1) is 23.7 Å². The quantitative estimate of drug-likeness (QED) is 0.473. The first-order valence-corrected chi connectivity index (χ1v) is 8.63. The first-order valence-electron chi connectivity index (χ1n) is 8.63. The summed E-state index contributed by atoms with van der Waals surface area (Å²) in [4.78, 5) is 23.5. The fraction of sp³-hybridized carbons (Fsp3) is 0.789. The summed E-state index contributed by atoms with van der Waals surface area (Å²) in [5.74, 6) is 6.09. The van der Waals surface area contributed by atoms with Gasteiger partial charge in [-0.2, -0.15) is 0 Å². The molecule has 0 radical (unpaired) electrons. The summed E-state index contributed by atoms with van der Waals surface area (Å²) in [6.45, 7) is 12.0. The lowest BCUT2D eigenvalue weighted by atomic mass is 10.1. The van der Waals surface area contributed by atoms with Gasteiger partial charge in [0.1, 0.15) is 6.10 Å². The summed E-state index contributed by atoms with van der Waals surface area (Å²) in [5, 5.41) is 0. The molecule has 0 saturated heterocycles. The van der Waals surface area contributed by atoms with Gasteiger partial charge in [-0.05, 0) is 31.6 Å². The number of ether oxygens (including phenoxy) is 2. The summed E-state index contributed by atoms with van der Waals surface area (Å²) in [5.41, 5.74) is 0. The molecule has 0 aromatic carbocycles. The zero-order chi connectivity index (χ0) is 17.8. The molecule has 0 amide bonds. The average Bonchev–Trinajstić information content (AvgIpc) is 2.43. The van der Waals surface area contributed by atoms with Crippen molar-refractivity contribution >= 4 is 11.9 Å². The molecule has 4 heteroatoms. The summed E-state index contributed by atoms with van der Waals surface area (Å²) in [7, 11) is 0. The Hall–Kier alpha value is -1.50. The number of esters is 2. The maximum Gasteiger partial charge on any atom is 0.307 e. The van der Waals surface area contributed by atoms with Crippen molar-refractivity contribution in [2.24, 2.45) is 11.8 Å². The van der Waals surface area contributed by atoms with Gasteiger partial charge in [-0.1, -0.05) is 46.5 Å². The molecular formula is C19H32O4. The molecule has 4 nitrogen and oxygen atoms in total. The van der Waals surface area contributed by atoms with Crippen molar-refractivity contribution in [1.82, 2.24) is 0 Å². The summed E-state index contributed by atoms with van der Waals surface area (Å²) < 4.78 is 10.7. The number of carbonyl (C=O) groups excluding carboxylic acids is 2. The smallest absolute Gasteiger partial charge is 0.307 e. The van der Waals surface area contributed by atoms with E-state index >= 15 is 0 Å². The highest BCUT2D eigenvalue weighted by molar-refractivity contribution is 5.72. The normalized spacial score (nSPS) is 13.2. The topological polar surface area (TPSA) is 52.6 Å². The molecule has 23 heavy (non-hydrogen) atoms. The van der Waals surface area contributed by atoms with E-state index in [9.17, 15) is 9.59 Å². The second-order valence-electron chi connectivity index (χ2n) is 6.58. The molecule has 0 spiro atoms. The maximum absolute atomic E-state index is 11.9. The van der Waals surface area contributed by atoms with Gasteiger partial charge in [-0.25, -0.2) is 0 Å². The molecule has 0 N–H and O–H groups in total. The summed E-state index contributed by atoms with van der Waals surface area (Å²) >= 11 is 0. The number of carbonyl (C=O) groups is 2. The molecule has 2 unspecified atom stereocenters. The van der Waals surface area contributed by atoms with E-state index in [1.165, 1.54) is 0 Å². The predicted molar refractivity (Wildman–Crippen MR) is 91.6 cm³/mol. The van der Waals surface area contributed by atoms with Crippen molar-refractivity contribution in [2.75, 3.05) is 0 Å². The van der Waals surface area contributed by atoms with Crippen molar-refractivity contribution in [3.8, 4) is 11.8 Å².